The molecule has 2 aromatic carbocycles. The first-order valence-corrected chi connectivity index (χ1v) is 5.04. The van der Waals surface area contributed by atoms with Gasteiger partial charge >= 0.3 is 0 Å². The molecule has 0 aliphatic carbocycles. The van der Waals surface area contributed by atoms with E-state index >= 15 is 0 Å². The van der Waals surface area contributed by atoms with Gasteiger partial charge in [0.25, 0.3) is 0 Å². The van der Waals surface area contributed by atoms with Gasteiger partial charge in [-0.1, -0.05) is 30.3 Å². The summed E-state index contributed by atoms with van der Waals surface area (Å²) in [7, 11) is 0. The first kappa shape index (κ1) is 10.6. The third-order valence-corrected chi connectivity index (χ3v) is 2.45. The Morgan fingerprint density at radius 3 is 2.38 bits per heavy atom. The number of rotatable bonds is 2. The third kappa shape index (κ3) is 2.01. The first-order valence-electron chi connectivity index (χ1n) is 5.04. The molecule has 0 atom stereocenters. The molecule has 0 fully saturated rings. The van der Waals surface area contributed by atoms with Crippen LogP contribution in [-0.4, -0.2) is 5.78 Å². The van der Waals surface area contributed by atoms with Crippen LogP contribution in [0.25, 0.3) is 11.1 Å². The second-order valence-corrected chi connectivity index (χ2v) is 3.61. The summed E-state index contributed by atoms with van der Waals surface area (Å²) in [6.45, 7) is 1.49. The summed E-state index contributed by atoms with van der Waals surface area (Å²) in [5.74, 6) is -0.386. The van der Waals surface area contributed by atoms with Gasteiger partial charge in [-0.25, -0.2) is 4.39 Å². The Labute approximate surface area is 93.5 Å². The highest BCUT2D eigenvalue weighted by atomic mass is 19.1. The van der Waals surface area contributed by atoms with Crippen molar-refractivity contribution in [2.75, 3.05) is 0 Å². The third-order valence-electron chi connectivity index (χ3n) is 2.45. The highest BCUT2D eigenvalue weighted by Crippen LogP contribution is 2.24. The fraction of sp³-hybridized carbons (Fsp3) is 0.0714. The molecule has 0 aliphatic rings. The Bertz CT molecular complexity index is 518. The predicted octanol–water partition coefficient (Wildman–Crippen LogP) is 3.70. The number of halogens is 1. The summed E-state index contributed by atoms with van der Waals surface area (Å²) in [6, 6.07) is 13.6. The Morgan fingerprint density at radius 2 is 1.75 bits per heavy atom. The summed E-state index contributed by atoms with van der Waals surface area (Å²) >= 11 is 0. The topological polar surface area (TPSA) is 17.1 Å². The van der Waals surface area contributed by atoms with Crippen molar-refractivity contribution in [1.82, 2.24) is 0 Å². The molecular formula is C14H11FO. The van der Waals surface area contributed by atoms with E-state index in [1.807, 2.05) is 30.3 Å². The molecule has 2 aromatic rings. The molecule has 0 unspecified atom stereocenters. The lowest BCUT2D eigenvalue weighted by atomic mass is 9.97. The van der Waals surface area contributed by atoms with E-state index in [9.17, 15) is 9.18 Å². The van der Waals surface area contributed by atoms with Crippen molar-refractivity contribution in [2.24, 2.45) is 0 Å². The van der Waals surface area contributed by atoms with Gasteiger partial charge in [0, 0.05) is 5.56 Å². The van der Waals surface area contributed by atoms with Gasteiger partial charge in [0.1, 0.15) is 5.82 Å². The summed E-state index contributed by atoms with van der Waals surface area (Å²) in [5, 5.41) is 0. The molecule has 0 radical (unpaired) electrons. The quantitative estimate of drug-likeness (QED) is 0.697. The van der Waals surface area contributed by atoms with E-state index in [0.717, 1.165) is 5.56 Å². The van der Waals surface area contributed by atoms with E-state index in [1.54, 1.807) is 0 Å². The van der Waals surface area contributed by atoms with E-state index in [1.165, 1.54) is 25.1 Å². The molecule has 0 heterocycles. The normalized spacial score (nSPS) is 10.1. The molecular weight excluding hydrogens is 203 g/mol. The number of hydrogen-bond donors (Lipinski definition) is 0. The number of carbonyl (C=O) groups excluding carboxylic acids is 1. The van der Waals surface area contributed by atoms with Gasteiger partial charge in [-0.05, 0) is 36.2 Å². The van der Waals surface area contributed by atoms with Crippen LogP contribution in [0, 0.1) is 5.82 Å². The Morgan fingerprint density at radius 1 is 1.06 bits per heavy atom. The summed E-state index contributed by atoms with van der Waals surface area (Å²) in [6.07, 6.45) is 0. The molecule has 0 aromatic heterocycles. The van der Waals surface area contributed by atoms with Crippen molar-refractivity contribution in [1.29, 1.82) is 0 Å². The molecule has 2 rings (SSSR count). The second kappa shape index (κ2) is 4.27. The van der Waals surface area contributed by atoms with Gasteiger partial charge < -0.3 is 0 Å². The fourth-order valence-electron chi connectivity index (χ4n) is 1.68. The van der Waals surface area contributed by atoms with Crippen molar-refractivity contribution in [3.8, 4) is 11.1 Å². The van der Waals surface area contributed by atoms with Gasteiger partial charge in [0.2, 0.25) is 0 Å². The maximum atomic E-state index is 13.2. The second-order valence-electron chi connectivity index (χ2n) is 3.61. The molecule has 0 bridgehead atoms. The van der Waals surface area contributed by atoms with Gasteiger partial charge in [-0.2, -0.15) is 0 Å². The molecule has 0 saturated carbocycles. The highest BCUT2D eigenvalue weighted by molar-refractivity contribution is 6.00. The minimum Gasteiger partial charge on any atom is -0.294 e. The predicted molar refractivity (Wildman–Crippen MR) is 61.8 cm³/mol. The maximum Gasteiger partial charge on any atom is 0.160 e. The van der Waals surface area contributed by atoms with Crippen molar-refractivity contribution >= 4 is 5.78 Å². The molecule has 0 amide bonds. The van der Waals surface area contributed by atoms with E-state index in [0.29, 0.717) is 11.1 Å². The SMILES string of the molecule is CC(=O)c1ccc(F)cc1-c1ccccc1. The molecule has 0 N–H and O–H groups in total. The lowest BCUT2D eigenvalue weighted by Crippen LogP contribution is -1.96. The number of hydrogen-bond acceptors (Lipinski definition) is 1. The van der Waals surface area contributed by atoms with Crippen molar-refractivity contribution in [3.63, 3.8) is 0 Å². The fourth-order valence-corrected chi connectivity index (χ4v) is 1.68. The molecule has 80 valence electrons. The maximum absolute atomic E-state index is 13.2. The summed E-state index contributed by atoms with van der Waals surface area (Å²) < 4.78 is 13.2. The number of carbonyl (C=O) groups is 1. The molecule has 0 aliphatic heterocycles. The molecule has 0 saturated heterocycles. The van der Waals surface area contributed by atoms with E-state index in [2.05, 4.69) is 0 Å². The average molecular weight is 214 g/mol. The van der Waals surface area contributed by atoms with E-state index in [-0.39, 0.29) is 11.6 Å². The Hall–Kier alpha value is -1.96. The van der Waals surface area contributed by atoms with E-state index < -0.39 is 0 Å². The van der Waals surface area contributed by atoms with Gasteiger partial charge in [0.15, 0.2) is 5.78 Å². The van der Waals surface area contributed by atoms with Crippen molar-refractivity contribution < 1.29 is 9.18 Å². The van der Waals surface area contributed by atoms with Crippen LogP contribution in [0.4, 0.5) is 4.39 Å². The zero-order chi connectivity index (χ0) is 11.5. The van der Waals surface area contributed by atoms with Gasteiger partial charge in [0.05, 0.1) is 0 Å². The largest absolute Gasteiger partial charge is 0.294 e. The first-order chi connectivity index (χ1) is 7.68. The molecule has 1 nitrogen and oxygen atoms in total. The summed E-state index contributed by atoms with van der Waals surface area (Å²) in [4.78, 5) is 11.4. The number of benzene rings is 2. The van der Waals surface area contributed by atoms with Crippen molar-refractivity contribution in [3.05, 3.63) is 59.9 Å². The van der Waals surface area contributed by atoms with E-state index in [4.69, 9.17) is 0 Å². The van der Waals surface area contributed by atoms with Crippen LogP contribution in [0.3, 0.4) is 0 Å². The minimum atomic E-state index is -0.330. The van der Waals surface area contributed by atoms with Crippen LogP contribution in [0.1, 0.15) is 17.3 Å². The van der Waals surface area contributed by atoms with Crippen LogP contribution in [0.15, 0.2) is 48.5 Å². The highest BCUT2D eigenvalue weighted by Gasteiger charge is 2.09. The van der Waals surface area contributed by atoms with Crippen LogP contribution >= 0.6 is 0 Å². The number of ketones is 1. The lowest BCUT2D eigenvalue weighted by Gasteiger charge is -2.07. The minimum absolute atomic E-state index is 0.0566. The monoisotopic (exact) mass is 214 g/mol. The van der Waals surface area contributed by atoms with Crippen LogP contribution in [0.2, 0.25) is 0 Å². The Kier molecular flexibility index (Phi) is 2.82. The lowest BCUT2D eigenvalue weighted by molar-refractivity contribution is 0.101. The van der Waals surface area contributed by atoms with Gasteiger partial charge in [-0.3, -0.25) is 4.79 Å². The molecule has 16 heavy (non-hydrogen) atoms. The summed E-state index contributed by atoms with van der Waals surface area (Å²) in [5.41, 5.74) is 2.05. The van der Waals surface area contributed by atoms with Gasteiger partial charge in [-0.15, -0.1) is 0 Å². The number of Topliss-reactive ketones (excluding diaryl/α,β-unsaturated/α-hetero) is 1. The van der Waals surface area contributed by atoms with Crippen LogP contribution in [-0.2, 0) is 0 Å². The van der Waals surface area contributed by atoms with Crippen molar-refractivity contribution in [2.45, 2.75) is 6.92 Å². The smallest absolute Gasteiger partial charge is 0.160 e. The Balaban J connectivity index is 2.63. The van der Waals surface area contributed by atoms with Crippen LogP contribution < -0.4 is 0 Å². The standard InChI is InChI=1S/C14H11FO/c1-10(16)13-8-7-12(15)9-14(13)11-5-3-2-4-6-11/h2-9H,1H3. The average Bonchev–Trinajstić information content (AvgIpc) is 2.29. The van der Waals surface area contributed by atoms with Crippen LogP contribution in [0.5, 0.6) is 0 Å². The molecule has 2 heteroatoms. The zero-order valence-corrected chi connectivity index (χ0v) is 8.91. The zero-order valence-electron chi connectivity index (χ0n) is 8.91. The molecule has 0 spiro atoms.